The van der Waals surface area contributed by atoms with Crippen LogP contribution in [0.25, 0.3) is 0 Å². The molecule has 0 fully saturated rings. The van der Waals surface area contributed by atoms with Gasteiger partial charge >= 0.3 is 0 Å². The molecule has 1 N–H and O–H groups in total. The molecular weight excluding hydrogens is 174 g/mol. The molecular formula is C12H14NO. The van der Waals surface area contributed by atoms with Crippen molar-refractivity contribution in [2.24, 2.45) is 0 Å². The standard InChI is InChI=1S/C12H14NO/c13-12(14)10-6-2-5-9-11-7-3-1-4-8-11/h1-5,7-8,13H,6,9-10H2/b5-2+. The van der Waals surface area contributed by atoms with Crippen LogP contribution in [-0.4, -0.2) is 5.91 Å². The van der Waals surface area contributed by atoms with E-state index in [-0.39, 0.29) is 0 Å². The minimum atomic E-state index is -0.491. The van der Waals surface area contributed by atoms with Crippen molar-refractivity contribution >= 4 is 5.91 Å². The molecule has 73 valence electrons. The molecule has 0 aliphatic heterocycles. The number of carbonyl (C=O) groups excluding carboxylic acids is 1. The van der Waals surface area contributed by atoms with Gasteiger partial charge in [-0.1, -0.05) is 42.5 Å². The number of carbonyl (C=O) groups is 1. The van der Waals surface area contributed by atoms with Crippen molar-refractivity contribution in [1.82, 2.24) is 5.73 Å². The molecule has 1 amide bonds. The van der Waals surface area contributed by atoms with Crippen LogP contribution in [0.2, 0.25) is 0 Å². The Kier molecular flexibility index (Phi) is 4.48. The van der Waals surface area contributed by atoms with E-state index in [1.54, 1.807) is 0 Å². The lowest BCUT2D eigenvalue weighted by Crippen LogP contribution is -1.94. The summed E-state index contributed by atoms with van der Waals surface area (Å²) in [7, 11) is 0. The monoisotopic (exact) mass is 188 g/mol. The lowest BCUT2D eigenvalue weighted by Gasteiger charge is -1.93. The first-order valence-corrected chi connectivity index (χ1v) is 4.72. The Morgan fingerprint density at radius 2 is 1.93 bits per heavy atom. The van der Waals surface area contributed by atoms with Crippen molar-refractivity contribution in [1.29, 1.82) is 0 Å². The molecule has 0 bridgehead atoms. The zero-order chi connectivity index (χ0) is 10.2. The van der Waals surface area contributed by atoms with E-state index in [0.717, 1.165) is 6.42 Å². The van der Waals surface area contributed by atoms with Gasteiger partial charge in [-0.3, -0.25) is 10.5 Å². The summed E-state index contributed by atoms with van der Waals surface area (Å²) in [6.07, 6.45) is 5.89. The van der Waals surface area contributed by atoms with Crippen LogP contribution in [0.5, 0.6) is 0 Å². The number of nitrogens with one attached hydrogen (secondary N) is 1. The molecule has 0 unspecified atom stereocenters. The molecule has 1 radical (unpaired) electrons. The first-order valence-electron chi connectivity index (χ1n) is 4.72. The molecule has 1 aromatic carbocycles. The van der Waals surface area contributed by atoms with Gasteiger partial charge in [0.25, 0.3) is 0 Å². The van der Waals surface area contributed by atoms with E-state index in [1.807, 2.05) is 30.4 Å². The maximum absolute atomic E-state index is 10.3. The topological polar surface area (TPSA) is 40.9 Å². The van der Waals surface area contributed by atoms with E-state index in [4.69, 9.17) is 5.73 Å². The van der Waals surface area contributed by atoms with E-state index >= 15 is 0 Å². The fourth-order valence-electron chi connectivity index (χ4n) is 1.17. The van der Waals surface area contributed by atoms with Crippen LogP contribution in [-0.2, 0) is 11.2 Å². The Morgan fingerprint density at radius 1 is 1.21 bits per heavy atom. The van der Waals surface area contributed by atoms with Crippen molar-refractivity contribution in [3.63, 3.8) is 0 Å². The second-order valence-corrected chi connectivity index (χ2v) is 3.12. The first-order chi connectivity index (χ1) is 6.79. The molecule has 0 aliphatic carbocycles. The second kappa shape index (κ2) is 5.97. The summed E-state index contributed by atoms with van der Waals surface area (Å²) in [4.78, 5) is 10.3. The SMILES string of the molecule is [NH]C(=O)CC/C=C/Cc1ccccc1. The molecule has 1 aromatic rings. The molecule has 0 saturated heterocycles. The highest BCUT2D eigenvalue weighted by atomic mass is 16.1. The third kappa shape index (κ3) is 4.45. The van der Waals surface area contributed by atoms with Gasteiger partial charge in [0.15, 0.2) is 0 Å². The molecule has 0 atom stereocenters. The minimum absolute atomic E-state index is 0.325. The van der Waals surface area contributed by atoms with Gasteiger partial charge in [-0.2, -0.15) is 0 Å². The smallest absolute Gasteiger partial charge is 0.238 e. The zero-order valence-corrected chi connectivity index (χ0v) is 8.07. The average molecular weight is 188 g/mol. The fourth-order valence-corrected chi connectivity index (χ4v) is 1.17. The number of allylic oxidation sites excluding steroid dienone is 2. The van der Waals surface area contributed by atoms with E-state index in [0.29, 0.717) is 12.8 Å². The van der Waals surface area contributed by atoms with E-state index in [9.17, 15) is 4.79 Å². The highest BCUT2D eigenvalue weighted by molar-refractivity contribution is 5.72. The summed E-state index contributed by atoms with van der Waals surface area (Å²) < 4.78 is 0. The quantitative estimate of drug-likeness (QED) is 0.654. The predicted molar refractivity (Wildman–Crippen MR) is 56.6 cm³/mol. The van der Waals surface area contributed by atoms with Crippen LogP contribution >= 0.6 is 0 Å². The lowest BCUT2D eigenvalue weighted by molar-refractivity contribution is -0.118. The summed E-state index contributed by atoms with van der Waals surface area (Å²) >= 11 is 0. The molecule has 14 heavy (non-hydrogen) atoms. The zero-order valence-electron chi connectivity index (χ0n) is 8.07. The lowest BCUT2D eigenvalue weighted by atomic mass is 10.1. The Labute approximate surface area is 84.4 Å². The van der Waals surface area contributed by atoms with Gasteiger partial charge in [0.1, 0.15) is 0 Å². The van der Waals surface area contributed by atoms with Gasteiger partial charge in [0, 0.05) is 6.42 Å². The van der Waals surface area contributed by atoms with Crippen molar-refractivity contribution in [3.8, 4) is 0 Å². The van der Waals surface area contributed by atoms with Gasteiger partial charge in [0.2, 0.25) is 5.91 Å². The highest BCUT2D eigenvalue weighted by Crippen LogP contribution is 2.01. The van der Waals surface area contributed by atoms with E-state index < -0.39 is 5.91 Å². The fraction of sp³-hybridized carbons (Fsp3) is 0.250. The van der Waals surface area contributed by atoms with Gasteiger partial charge in [-0.05, 0) is 18.4 Å². The van der Waals surface area contributed by atoms with Crippen LogP contribution in [0.3, 0.4) is 0 Å². The van der Waals surface area contributed by atoms with Gasteiger partial charge in [0.05, 0.1) is 0 Å². The third-order valence-corrected chi connectivity index (χ3v) is 1.90. The number of benzene rings is 1. The molecule has 2 heteroatoms. The number of hydrogen-bond donors (Lipinski definition) is 0. The number of amides is 1. The summed E-state index contributed by atoms with van der Waals surface area (Å²) in [6.45, 7) is 0. The number of hydrogen-bond acceptors (Lipinski definition) is 1. The van der Waals surface area contributed by atoms with E-state index in [2.05, 4.69) is 12.1 Å². The molecule has 1 rings (SSSR count). The molecule has 2 nitrogen and oxygen atoms in total. The van der Waals surface area contributed by atoms with Crippen LogP contribution in [0.15, 0.2) is 42.5 Å². The van der Waals surface area contributed by atoms with Crippen LogP contribution in [0, 0.1) is 0 Å². The van der Waals surface area contributed by atoms with E-state index in [1.165, 1.54) is 5.56 Å². The Bertz CT molecular complexity index is 303. The maximum atomic E-state index is 10.3. The normalized spacial score (nSPS) is 10.6. The molecule has 0 spiro atoms. The first kappa shape index (κ1) is 10.5. The Hall–Kier alpha value is -1.57. The summed E-state index contributed by atoms with van der Waals surface area (Å²) in [5.41, 5.74) is 7.97. The third-order valence-electron chi connectivity index (χ3n) is 1.90. The van der Waals surface area contributed by atoms with Crippen LogP contribution in [0.4, 0.5) is 0 Å². The molecule has 0 aromatic heterocycles. The van der Waals surface area contributed by atoms with Gasteiger partial charge in [-0.25, -0.2) is 0 Å². The largest absolute Gasteiger partial charge is 0.273 e. The minimum Gasteiger partial charge on any atom is -0.273 e. The van der Waals surface area contributed by atoms with Gasteiger partial charge in [-0.15, -0.1) is 0 Å². The van der Waals surface area contributed by atoms with Crippen molar-refractivity contribution in [3.05, 3.63) is 48.0 Å². The Morgan fingerprint density at radius 3 is 2.57 bits per heavy atom. The summed E-state index contributed by atoms with van der Waals surface area (Å²) in [6, 6.07) is 10.2. The number of rotatable bonds is 5. The van der Waals surface area contributed by atoms with Crippen LogP contribution < -0.4 is 5.73 Å². The Balaban J connectivity index is 2.24. The molecule has 0 aliphatic rings. The van der Waals surface area contributed by atoms with Crippen molar-refractivity contribution in [2.45, 2.75) is 19.3 Å². The summed E-state index contributed by atoms with van der Waals surface area (Å²) in [5, 5.41) is 0. The average Bonchev–Trinajstić information content (AvgIpc) is 2.18. The summed E-state index contributed by atoms with van der Waals surface area (Å²) in [5.74, 6) is -0.491. The van der Waals surface area contributed by atoms with Gasteiger partial charge < -0.3 is 0 Å². The van der Waals surface area contributed by atoms with Crippen molar-refractivity contribution < 1.29 is 4.79 Å². The molecule has 0 saturated carbocycles. The second-order valence-electron chi connectivity index (χ2n) is 3.12. The predicted octanol–water partition coefficient (Wildman–Crippen LogP) is 2.38. The highest BCUT2D eigenvalue weighted by Gasteiger charge is 1.90. The van der Waals surface area contributed by atoms with Crippen LogP contribution in [0.1, 0.15) is 18.4 Å². The molecule has 0 heterocycles. The maximum Gasteiger partial charge on any atom is 0.238 e. The van der Waals surface area contributed by atoms with Crippen molar-refractivity contribution in [2.75, 3.05) is 0 Å².